The van der Waals surface area contributed by atoms with E-state index in [0.29, 0.717) is 5.75 Å². The van der Waals surface area contributed by atoms with Gasteiger partial charge in [0.2, 0.25) is 0 Å². The topological polar surface area (TPSA) is 41.9 Å². The first-order valence-corrected chi connectivity index (χ1v) is 9.16. The fourth-order valence-corrected chi connectivity index (χ4v) is 3.57. The van der Waals surface area contributed by atoms with Gasteiger partial charge in [0.05, 0.1) is 14.2 Å². The molecule has 2 rings (SSSR count). The predicted molar refractivity (Wildman–Crippen MR) is 111 cm³/mol. The summed E-state index contributed by atoms with van der Waals surface area (Å²) in [5.74, 6) is 1.46. The molecule has 0 radical (unpaired) electrons. The Hall–Kier alpha value is -2.30. The molecule has 2 aromatic carbocycles. The minimum Gasteiger partial charge on any atom is -0.497 e. The Labute approximate surface area is 163 Å². The average Bonchev–Trinajstić information content (AvgIpc) is 2.67. The number of rotatable bonds is 8. The summed E-state index contributed by atoms with van der Waals surface area (Å²) in [6.07, 6.45) is 2.03. The van der Waals surface area contributed by atoms with Crippen LogP contribution in [0.3, 0.4) is 0 Å². The summed E-state index contributed by atoms with van der Waals surface area (Å²) >= 11 is 0. The molecule has 0 aliphatic heterocycles. The molecule has 0 saturated heterocycles. The van der Waals surface area contributed by atoms with Crippen molar-refractivity contribution in [3.05, 3.63) is 65.2 Å². The third kappa shape index (κ3) is 4.71. The van der Waals surface area contributed by atoms with Crippen LogP contribution in [0.1, 0.15) is 25.0 Å². The zero-order chi connectivity index (χ0) is 20.0. The number of hydrogen-bond acceptors (Lipinski definition) is 4. The van der Waals surface area contributed by atoms with Crippen LogP contribution in [0.4, 0.5) is 0 Å². The van der Waals surface area contributed by atoms with Crippen LogP contribution in [0.15, 0.2) is 54.1 Å². The number of aliphatic hydroxyl groups is 1. The predicted octanol–water partition coefficient (Wildman–Crippen LogP) is 4.19. The standard InChI is InChI=1S/C23H31NO3/c1-17(15-19-11-13-20(26-5)14-12-19)23(25,18(2)16-24(3)4)21-9-7-8-10-22(21)27-6/h7-15,18,25H,16H2,1-6H3. The summed E-state index contributed by atoms with van der Waals surface area (Å²) < 4.78 is 10.8. The van der Waals surface area contributed by atoms with Crippen LogP contribution in [0, 0.1) is 5.92 Å². The highest BCUT2D eigenvalue weighted by Gasteiger charge is 2.39. The zero-order valence-electron chi connectivity index (χ0n) is 17.2. The van der Waals surface area contributed by atoms with Crippen molar-refractivity contribution in [3.8, 4) is 11.5 Å². The second-order valence-corrected chi connectivity index (χ2v) is 7.23. The van der Waals surface area contributed by atoms with Crippen molar-refractivity contribution >= 4 is 6.08 Å². The quantitative estimate of drug-likeness (QED) is 0.757. The normalized spacial score (nSPS) is 15.3. The molecule has 27 heavy (non-hydrogen) atoms. The van der Waals surface area contributed by atoms with E-state index in [2.05, 4.69) is 11.8 Å². The van der Waals surface area contributed by atoms with E-state index in [-0.39, 0.29) is 5.92 Å². The van der Waals surface area contributed by atoms with Crippen molar-refractivity contribution < 1.29 is 14.6 Å². The van der Waals surface area contributed by atoms with Gasteiger partial charge < -0.3 is 19.5 Å². The number of nitrogens with zero attached hydrogens (tertiary/aromatic N) is 1. The number of benzene rings is 2. The molecule has 0 saturated carbocycles. The molecule has 0 fully saturated rings. The molecule has 0 aromatic heterocycles. The Bertz CT molecular complexity index is 767. The van der Waals surface area contributed by atoms with E-state index in [4.69, 9.17) is 9.47 Å². The molecule has 2 unspecified atom stereocenters. The Kier molecular flexibility index (Phi) is 7.05. The van der Waals surface area contributed by atoms with Gasteiger partial charge in [-0.05, 0) is 50.4 Å². The van der Waals surface area contributed by atoms with E-state index >= 15 is 0 Å². The molecule has 146 valence electrons. The van der Waals surface area contributed by atoms with E-state index in [0.717, 1.165) is 29.0 Å². The van der Waals surface area contributed by atoms with Crippen LogP contribution in [-0.4, -0.2) is 44.9 Å². The van der Waals surface area contributed by atoms with Crippen LogP contribution in [0.25, 0.3) is 6.08 Å². The lowest BCUT2D eigenvalue weighted by Gasteiger charge is -2.38. The molecule has 0 heterocycles. The first kappa shape index (κ1) is 21.0. The van der Waals surface area contributed by atoms with Gasteiger partial charge in [-0.3, -0.25) is 0 Å². The van der Waals surface area contributed by atoms with E-state index in [9.17, 15) is 5.11 Å². The third-order valence-electron chi connectivity index (χ3n) is 4.97. The van der Waals surface area contributed by atoms with E-state index in [1.54, 1.807) is 14.2 Å². The number of para-hydroxylation sites is 1. The van der Waals surface area contributed by atoms with Crippen LogP contribution in [0.5, 0.6) is 11.5 Å². The fourth-order valence-electron chi connectivity index (χ4n) is 3.57. The van der Waals surface area contributed by atoms with Gasteiger partial charge in [-0.2, -0.15) is 0 Å². The maximum absolute atomic E-state index is 11.9. The van der Waals surface area contributed by atoms with Gasteiger partial charge in [-0.1, -0.05) is 43.3 Å². The minimum absolute atomic E-state index is 0.0432. The van der Waals surface area contributed by atoms with Crippen molar-refractivity contribution in [2.45, 2.75) is 19.4 Å². The third-order valence-corrected chi connectivity index (χ3v) is 4.97. The fraction of sp³-hybridized carbons (Fsp3) is 0.391. The molecule has 2 aromatic rings. The lowest BCUT2D eigenvalue weighted by molar-refractivity contribution is 0.00856. The lowest BCUT2D eigenvalue weighted by atomic mass is 9.76. The molecule has 4 nitrogen and oxygen atoms in total. The highest BCUT2D eigenvalue weighted by Crippen LogP contribution is 2.42. The lowest BCUT2D eigenvalue weighted by Crippen LogP contribution is -2.40. The first-order chi connectivity index (χ1) is 12.8. The molecule has 0 spiro atoms. The van der Waals surface area contributed by atoms with Crippen LogP contribution in [-0.2, 0) is 5.60 Å². The number of methoxy groups -OCH3 is 2. The molecule has 0 aliphatic carbocycles. The van der Waals surface area contributed by atoms with E-state index < -0.39 is 5.60 Å². The van der Waals surface area contributed by atoms with Crippen molar-refractivity contribution in [2.24, 2.45) is 5.92 Å². The zero-order valence-corrected chi connectivity index (χ0v) is 17.2. The van der Waals surface area contributed by atoms with Crippen molar-refractivity contribution in [2.75, 3.05) is 34.9 Å². The molecule has 2 atom stereocenters. The van der Waals surface area contributed by atoms with Crippen LogP contribution in [0.2, 0.25) is 0 Å². The van der Waals surface area contributed by atoms with Crippen molar-refractivity contribution in [1.29, 1.82) is 0 Å². The summed E-state index contributed by atoms with van der Waals surface area (Å²) in [5.41, 5.74) is 1.51. The number of ether oxygens (including phenoxy) is 2. The van der Waals surface area contributed by atoms with Gasteiger partial charge in [0.25, 0.3) is 0 Å². The molecular formula is C23H31NO3. The minimum atomic E-state index is -1.16. The first-order valence-electron chi connectivity index (χ1n) is 9.16. The molecule has 0 amide bonds. The summed E-state index contributed by atoms with van der Waals surface area (Å²) in [6.45, 7) is 4.78. The maximum atomic E-state index is 11.9. The molecule has 0 bridgehead atoms. The smallest absolute Gasteiger partial charge is 0.125 e. The Morgan fingerprint density at radius 1 is 1.07 bits per heavy atom. The average molecular weight is 370 g/mol. The molecule has 4 heteroatoms. The SMILES string of the molecule is COc1ccc(C=C(C)C(O)(c2ccccc2OC)C(C)CN(C)C)cc1. The highest BCUT2D eigenvalue weighted by atomic mass is 16.5. The van der Waals surface area contributed by atoms with Crippen molar-refractivity contribution in [3.63, 3.8) is 0 Å². The molecular weight excluding hydrogens is 338 g/mol. The Morgan fingerprint density at radius 2 is 1.70 bits per heavy atom. The maximum Gasteiger partial charge on any atom is 0.125 e. The van der Waals surface area contributed by atoms with E-state index in [1.807, 2.05) is 75.6 Å². The molecule has 0 aliphatic rings. The number of hydrogen-bond donors (Lipinski definition) is 1. The second-order valence-electron chi connectivity index (χ2n) is 7.23. The van der Waals surface area contributed by atoms with Gasteiger partial charge in [0.1, 0.15) is 17.1 Å². The van der Waals surface area contributed by atoms with Gasteiger partial charge in [0.15, 0.2) is 0 Å². The van der Waals surface area contributed by atoms with Crippen molar-refractivity contribution in [1.82, 2.24) is 4.90 Å². The summed E-state index contributed by atoms with van der Waals surface area (Å²) in [6, 6.07) is 15.5. The van der Waals surface area contributed by atoms with Gasteiger partial charge in [0, 0.05) is 18.0 Å². The summed E-state index contributed by atoms with van der Waals surface area (Å²) in [7, 11) is 7.32. The summed E-state index contributed by atoms with van der Waals surface area (Å²) in [5, 5.41) is 11.9. The Morgan fingerprint density at radius 3 is 2.26 bits per heavy atom. The highest BCUT2D eigenvalue weighted by molar-refractivity contribution is 5.58. The van der Waals surface area contributed by atoms with Gasteiger partial charge in [-0.15, -0.1) is 0 Å². The van der Waals surface area contributed by atoms with E-state index in [1.165, 1.54) is 0 Å². The summed E-state index contributed by atoms with van der Waals surface area (Å²) in [4.78, 5) is 2.09. The largest absolute Gasteiger partial charge is 0.497 e. The molecule has 1 N–H and O–H groups in total. The second kappa shape index (κ2) is 9.07. The van der Waals surface area contributed by atoms with Gasteiger partial charge >= 0.3 is 0 Å². The Balaban J connectivity index is 2.55. The van der Waals surface area contributed by atoms with Gasteiger partial charge in [-0.25, -0.2) is 0 Å². The van der Waals surface area contributed by atoms with Crippen LogP contribution >= 0.6 is 0 Å². The monoisotopic (exact) mass is 369 g/mol. The van der Waals surface area contributed by atoms with Crippen LogP contribution < -0.4 is 9.47 Å².